The smallest absolute Gasteiger partial charge is 0.307 e. The minimum atomic E-state index is -0.307. The lowest BCUT2D eigenvalue weighted by atomic mass is 9.94. The molecule has 0 amide bonds. The number of thiazole rings is 1. The molecule has 0 fully saturated rings. The highest BCUT2D eigenvalue weighted by molar-refractivity contribution is 7.10. The molecule has 0 saturated carbocycles. The summed E-state index contributed by atoms with van der Waals surface area (Å²) in [6.07, 6.45) is 2.27. The van der Waals surface area contributed by atoms with Gasteiger partial charge in [0.15, 0.2) is 0 Å². The van der Waals surface area contributed by atoms with Crippen molar-refractivity contribution in [2.45, 2.75) is 6.42 Å². The van der Waals surface area contributed by atoms with Crippen LogP contribution in [0.3, 0.4) is 0 Å². The van der Waals surface area contributed by atoms with Crippen LogP contribution in [0.5, 0.6) is 5.88 Å². The number of nitriles is 1. The third-order valence-electron chi connectivity index (χ3n) is 4.22. The minimum absolute atomic E-state index is 0.131. The molecule has 3 aromatic rings. The first kappa shape index (κ1) is 16.1. The number of H-pyrrole nitrogens is 1. The Kier molecular flexibility index (Phi) is 3.99. The highest BCUT2D eigenvalue weighted by Gasteiger charge is 2.21. The molecule has 2 heterocycles. The van der Waals surface area contributed by atoms with Gasteiger partial charge in [-0.25, -0.2) is 0 Å². The molecule has 2 aromatic carbocycles. The Morgan fingerprint density at radius 3 is 2.65 bits per heavy atom. The fourth-order valence-corrected chi connectivity index (χ4v) is 3.77. The number of aliphatic imine (C=N–C) groups is 1. The molecule has 0 radical (unpaired) electrons. The fraction of sp³-hybridized carbons (Fsp3) is 0.0500. The standard InChI is InChI=1S/C20H13N3O2S/c21-10-13-7-5-12(6-8-13)9-15(18-19(24)23-20(25)26-18)16-11-22-17-4-2-1-3-14(16)17/h1-8,11,24H,9H2,(H,23,25). The summed E-state index contributed by atoms with van der Waals surface area (Å²) in [6.45, 7) is 0. The van der Waals surface area contributed by atoms with Gasteiger partial charge in [-0.05, 0) is 35.8 Å². The second kappa shape index (κ2) is 6.47. The van der Waals surface area contributed by atoms with E-state index in [-0.39, 0.29) is 10.8 Å². The average Bonchev–Trinajstić information content (AvgIpc) is 3.23. The van der Waals surface area contributed by atoms with Crippen molar-refractivity contribution in [1.82, 2.24) is 4.98 Å². The zero-order valence-electron chi connectivity index (χ0n) is 13.6. The third kappa shape index (κ3) is 2.85. The van der Waals surface area contributed by atoms with Crippen molar-refractivity contribution in [2.75, 3.05) is 0 Å². The summed E-state index contributed by atoms with van der Waals surface area (Å²) in [5.41, 5.74) is 5.10. The number of fused-ring (bicyclic) bond motifs is 1. The van der Waals surface area contributed by atoms with Crippen LogP contribution in [0.25, 0.3) is 11.1 Å². The maximum atomic E-state index is 11.7. The summed E-state index contributed by atoms with van der Waals surface area (Å²) in [6, 6.07) is 17.1. The summed E-state index contributed by atoms with van der Waals surface area (Å²) >= 11 is 0.978. The predicted molar refractivity (Wildman–Crippen MR) is 103 cm³/mol. The van der Waals surface area contributed by atoms with Crippen LogP contribution in [0.15, 0.2) is 58.3 Å². The molecule has 5 nitrogen and oxygen atoms in total. The van der Waals surface area contributed by atoms with Gasteiger partial charge in [-0.15, -0.1) is 0 Å². The van der Waals surface area contributed by atoms with Gasteiger partial charge in [0.05, 0.1) is 22.2 Å². The third-order valence-corrected chi connectivity index (χ3v) is 5.15. The van der Waals surface area contributed by atoms with E-state index < -0.39 is 0 Å². The Hall–Kier alpha value is -3.43. The van der Waals surface area contributed by atoms with E-state index in [1.54, 1.807) is 18.3 Å². The number of nitrogens with one attached hydrogen (secondary N) is 1. The zero-order valence-corrected chi connectivity index (χ0v) is 14.4. The van der Waals surface area contributed by atoms with Crippen LogP contribution in [-0.4, -0.2) is 16.3 Å². The van der Waals surface area contributed by atoms with E-state index in [0.29, 0.717) is 16.9 Å². The van der Waals surface area contributed by atoms with Crippen molar-refractivity contribution >= 4 is 34.4 Å². The highest BCUT2D eigenvalue weighted by atomic mass is 32.1. The predicted octanol–water partition coefficient (Wildman–Crippen LogP) is 3.88. The first-order chi connectivity index (χ1) is 12.7. The molecule has 0 aliphatic carbocycles. The van der Waals surface area contributed by atoms with Crippen molar-refractivity contribution < 1.29 is 5.11 Å². The quantitative estimate of drug-likeness (QED) is 0.743. The molecular formula is C20H13N3O2S. The molecule has 26 heavy (non-hydrogen) atoms. The van der Waals surface area contributed by atoms with Crippen LogP contribution in [0.2, 0.25) is 0 Å². The van der Waals surface area contributed by atoms with Gasteiger partial charge in [0.1, 0.15) is 0 Å². The fourth-order valence-electron chi connectivity index (χ4n) is 2.98. The molecule has 126 valence electrons. The van der Waals surface area contributed by atoms with Crippen LogP contribution < -0.4 is 4.87 Å². The van der Waals surface area contributed by atoms with E-state index in [1.807, 2.05) is 36.4 Å². The molecule has 1 aliphatic heterocycles. The summed E-state index contributed by atoms with van der Waals surface area (Å²) in [7, 11) is 0. The number of aromatic amines is 1. The molecule has 1 aromatic heterocycles. The second-order valence-corrected chi connectivity index (χ2v) is 6.83. The van der Waals surface area contributed by atoms with Gasteiger partial charge < -0.3 is 5.11 Å². The Morgan fingerprint density at radius 2 is 1.96 bits per heavy atom. The van der Waals surface area contributed by atoms with Gasteiger partial charge in [0.2, 0.25) is 5.88 Å². The minimum Gasteiger partial charge on any atom is -0.493 e. The van der Waals surface area contributed by atoms with E-state index in [2.05, 4.69) is 16.0 Å². The summed E-state index contributed by atoms with van der Waals surface area (Å²) in [5, 5.41) is 19.2. The number of nitrogens with zero attached hydrogens (tertiary/aromatic N) is 2. The number of allylic oxidation sites excluding steroid dienone is 2. The Balaban J connectivity index is 1.87. The first-order valence-corrected chi connectivity index (χ1v) is 8.75. The number of hydrogen-bond donors (Lipinski definition) is 2. The molecule has 0 spiro atoms. The van der Waals surface area contributed by atoms with Gasteiger partial charge in [0.25, 0.3) is 0 Å². The van der Waals surface area contributed by atoms with E-state index >= 15 is 0 Å². The monoisotopic (exact) mass is 359 g/mol. The maximum Gasteiger partial charge on any atom is 0.307 e. The lowest BCUT2D eigenvalue weighted by molar-refractivity contribution is 0.454. The van der Waals surface area contributed by atoms with Crippen LogP contribution in [-0.2, 0) is 6.42 Å². The van der Waals surface area contributed by atoms with Gasteiger partial charge in [-0.2, -0.15) is 5.26 Å². The van der Waals surface area contributed by atoms with Crippen molar-refractivity contribution in [1.29, 1.82) is 5.26 Å². The normalized spacial score (nSPS) is 14.1. The Bertz CT molecular complexity index is 1140. The number of hydrogen-bond acceptors (Lipinski definition) is 5. The van der Waals surface area contributed by atoms with Gasteiger partial charge in [0, 0.05) is 17.4 Å². The molecule has 0 unspecified atom stereocenters. The van der Waals surface area contributed by atoms with Crippen LogP contribution >= 0.6 is 11.3 Å². The van der Waals surface area contributed by atoms with Crippen molar-refractivity contribution in [3.05, 3.63) is 79.8 Å². The SMILES string of the molecule is N#Cc1ccc(CC(=C2C=Nc3ccccc32)c2sc(=O)[nH]c2O)cc1. The summed E-state index contributed by atoms with van der Waals surface area (Å²) in [5.74, 6) is -0.131. The van der Waals surface area contributed by atoms with Crippen molar-refractivity contribution in [2.24, 2.45) is 4.99 Å². The Labute approximate surface area is 153 Å². The number of rotatable bonds is 3. The molecule has 4 rings (SSSR count). The second-order valence-electron chi connectivity index (χ2n) is 5.85. The molecule has 0 saturated heterocycles. The molecule has 2 N–H and O–H groups in total. The average molecular weight is 359 g/mol. The van der Waals surface area contributed by atoms with Gasteiger partial charge in [-0.1, -0.05) is 41.7 Å². The van der Waals surface area contributed by atoms with Crippen LogP contribution in [0.4, 0.5) is 5.69 Å². The van der Waals surface area contributed by atoms with Gasteiger partial charge >= 0.3 is 4.87 Å². The lowest BCUT2D eigenvalue weighted by Crippen LogP contribution is -1.95. The van der Waals surface area contributed by atoms with E-state index in [4.69, 9.17) is 5.26 Å². The van der Waals surface area contributed by atoms with Crippen LogP contribution in [0, 0.1) is 11.3 Å². The summed E-state index contributed by atoms with van der Waals surface area (Å²) < 4.78 is 0. The number of benzene rings is 2. The molecular weight excluding hydrogens is 346 g/mol. The van der Waals surface area contributed by atoms with Crippen LogP contribution in [0.1, 0.15) is 21.6 Å². The Morgan fingerprint density at radius 1 is 1.19 bits per heavy atom. The number of para-hydroxylation sites is 1. The van der Waals surface area contributed by atoms with Crippen molar-refractivity contribution in [3.63, 3.8) is 0 Å². The molecule has 6 heteroatoms. The maximum absolute atomic E-state index is 11.7. The van der Waals surface area contributed by atoms with Crippen molar-refractivity contribution in [3.8, 4) is 11.9 Å². The van der Waals surface area contributed by atoms with E-state index in [0.717, 1.165) is 39.3 Å². The first-order valence-electron chi connectivity index (χ1n) is 7.94. The number of aromatic nitrogens is 1. The topological polar surface area (TPSA) is 89.2 Å². The zero-order chi connectivity index (χ0) is 18.1. The highest BCUT2D eigenvalue weighted by Crippen LogP contribution is 2.40. The number of aromatic hydroxyl groups is 1. The molecule has 0 atom stereocenters. The van der Waals surface area contributed by atoms with E-state index in [1.165, 1.54) is 0 Å². The molecule has 0 bridgehead atoms. The summed E-state index contributed by atoms with van der Waals surface area (Å²) in [4.78, 5) is 18.8. The van der Waals surface area contributed by atoms with E-state index in [9.17, 15) is 9.90 Å². The lowest BCUT2D eigenvalue weighted by Gasteiger charge is -2.10. The molecule has 1 aliphatic rings. The largest absolute Gasteiger partial charge is 0.493 e. The van der Waals surface area contributed by atoms with Gasteiger partial charge in [-0.3, -0.25) is 14.8 Å².